The van der Waals surface area contributed by atoms with E-state index in [4.69, 9.17) is 10.5 Å². The minimum atomic E-state index is -0.414. The van der Waals surface area contributed by atoms with E-state index in [-0.39, 0.29) is 5.69 Å². The molecule has 110 valence electrons. The van der Waals surface area contributed by atoms with Gasteiger partial charge in [0.2, 0.25) is 5.88 Å². The van der Waals surface area contributed by atoms with Gasteiger partial charge in [0, 0.05) is 26.5 Å². The fourth-order valence-corrected chi connectivity index (χ4v) is 1.86. The lowest BCUT2D eigenvalue weighted by Gasteiger charge is -2.19. The number of nitrogens with two attached hydrogens (primary N) is 1. The van der Waals surface area contributed by atoms with Crippen LogP contribution in [0.25, 0.3) is 0 Å². The molecule has 2 rings (SSSR count). The fraction of sp³-hybridized carbons (Fsp3) is 0.214. The molecule has 0 fully saturated rings. The average Bonchev–Trinajstić information content (AvgIpc) is 2.47. The topological polar surface area (TPSA) is 93.4 Å². The van der Waals surface area contributed by atoms with Crippen LogP contribution in [0.15, 0.2) is 30.6 Å². The van der Waals surface area contributed by atoms with Crippen LogP contribution in [0, 0.1) is 0 Å². The lowest BCUT2D eigenvalue weighted by molar-refractivity contribution is 0.102. The van der Waals surface area contributed by atoms with E-state index >= 15 is 0 Å². The molecule has 0 aromatic carbocycles. The summed E-state index contributed by atoms with van der Waals surface area (Å²) in [6.07, 6.45) is 3.12. The Balaban J connectivity index is 2.39. The monoisotopic (exact) mass is 287 g/mol. The predicted octanol–water partition coefficient (Wildman–Crippen LogP) is 1.39. The van der Waals surface area contributed by atoms with Crippen molar-refractivity contribution in [3.8, 4) is 5.88 Å². The summed E-state index contributed by atoms with van der Waals surface area (Å²) in [5.41, 5.74) is 7.47. The van der Waals surface area contributed by atoms with Gasteiger partial charge in [-0.3, -0.25) is 4.79 Å². The van der Waals surface area contributed by atoms with Crippen LogP contribution in [0.5, 0.6) is 5.88 Å². The van der Waals surface area contributed by atoms with E-state index in [1.54, 1.807) is 24.4 Å². The molecule has 0 radical (unpaired) electrons. The van der Waals surface area contributed by atoms with Gasteiger partial charge in [0.15, 0.2) is 5.69 Å². The first-order chi connectivity index (χ1) is 10.0. The van der Waals surface area contributed by atoms with Crippen LogP contribution in [-0.2, 0) is 0 Å². The highest BCUT2D eigenvalue weighted by Gasteiger charge is 2.18. The minimum Gasteiger partial charge on any atom is -0.479 e. The number of amides is 1. The second-order valence-electron chi connectivity index (χ2n) is 4.50. The molecule has 0 unspecified atom stereocenters. The molecule has 2 aromatic heterocycles. The zero-order valence-corrected chi connectivity index (χ0v) is 12.1. The number of pyridine rings is 2. The van der Waals surface area contributed by atoms with Gasteiger partial charge < -0.3 is 20.7 Å². The first kappa shape index (κ1) is 14.6. The molecule has 1 amide bonds. The molecule has 0 aliphatic heterocycles. The third-order valence-electron chi connectivity index (χ3n) is 2.86. The lowest BCUT2D eigenvalue weighted by Crippen LogP contribution is -2.19. The number of nitrogens with one attached hydrogen (secondary N) is 1. The number of rotatable bonds is 4. The number of carbonyl (C=O) groups is 1. The highest BCUT2D eigenvalue weighted by atomic mass is 16.5. The molecule has 0 aliphatic carbocycles. The largest absolute Gasteiger partial charge is 0.479 e. The van der Waals surface area contributed by atoms with E-state index in [2.05, 4.69) is 15.3 Å². The Kier molecular flexibility index (Phi) is 4.22. The Bertz CT molecular complexity index is 658. The number of carbonyl (C=O) groups excluding carboxylic acids is 1. The van der Waals surface area contributed by atoms with Crippen molar-refractivity contribution in [1.82, 2.24) is 9.97 Å². The molecule has 0 aliphatic rings. The number of nitrogens with zero attached hydrogens (tertiary/aromatic N) is 3. The number of hydrogen-bond donors (Lipinski definition) is 2. The molecule has 21 heavy (non-hydrogen) atoms. The van der Waals surface area contributed by atoms with E-state index in [1.807, 2.05) is 19.0 Å². The van der Waals surface area contributed by atoms with Gasteiger partial charge in [-0.25, -0.2) is 9.97 Å². The van der Waals surface area contributed by atoms with Crippen LogP contribution in [-0.4, -0.2) is 37.1 Å². The summed E-state index contributed by atoms with van der Waals surface area (Å²) in [6, 6.07) is 5.07. The molecule has 0 bridgehead atoms. The van der Waals surface area contributed by atoms with Crippen molar-refractivity contribution in [3.63, 3.8) is 0 Å². The van der Waals surface area contributed by atoms with Crippen LogP contribution in [0.4, 0.5) is 17.1 Å². The number of hydrogen-bond acceptors (Lipinski definition) is 6. The molecule has 0 saturated heterocycles. The first-order valence-corrected chi connectivity index (χ1v) is 6.26. The number of aromatic nitrogens is 2. The summed E-state index contributed by atoms with van der Waals surface area (Å²) in [7, 11) is 5.21. The summed E-state index contributed by atoms with van der Waals surface area (Å²) in [5, 5.41) is 2.76. The predicted molar refractivity (Wildman–Crippen MR) is 81.7 cm³/mol. The molecule has 2 aromatic rings. The molecule has 7 heteroatoms. The van der Waals surface area contributed by atoms with Gasteiger partial charge in [-0.2, -0.15) is 0 Å². The minimum absolute atomic E-state index is 0.160. The molecule has 2 heterocycles. The van der Waals surface area contributed by atoms with Crippen molar-refractivity contribution in [2.24, 2.45) is 0 Å². The van der Waals surface area contributed by atoms with Gasteiger partial charge in [0.1, 0.15) is 5.69 Å². The van der Waals surface area contributed by atoms with E-state index in [0.717, 1.165) is 5.69 Å². The van der Waals surface area contributed by atoms with Crippen LogP contribution >= 0.6 is 0 Å². The third-order valence-corrected chi connectivity index (χ3v) is 2.86. The zero-order valence-electron chi connectivity index (χ0n) is 12.1. The smallest absolute Gasteiger partial charge is 0.276 e. The second-order valence-corrected chi connectivity index (χ2v) is 4.50. The van der Waals surface area contributed by atoms with Crippen molar-refractivity contribution < 1.29 is 9.53 Å². The number of methoxy groups -OCH3 is 1. The summed E-state index contributed by atoms with van der Waals surface area (Å²) < 4.78 is 5.20. The zero-order chi connectivity index (χ0) is 15.4. The van der Waals surface area contributed by atoms with Crippen molar-refractivity contribution in [2.45, 2.75) is 0 Å². The standard InChI is InChI=1S/C14H17N5O2/c1-19(2)10-6-8-17-14(21-3)12(10)18-13(20)11-9(15)5-4-7-16-11/h4-8H,15H2,1-3H3,(H,18,20). The van der Waals surface area contributed by atoms with E-state index in [1.165, 1.54) is 13.3 Å². The second kappa shape index (κ2) is 6.08. The van der Waals surface area contributed by atoms with Gasteiger partial charge >= 0.3 is 0 Å². The van der Waals surface area contributed by atoms with Crippen molar-refractivity contribution in [1.29, 1.82) is 0 Å². The maximum Gasteiger partial charge on any atom is 0.276 e. The Morgan fingerprint density at radius 3 is 2.67 bits per heavy atom. The van der Waals surface area contributed by atoms with Gasteiger partial charge in [0.05, 0.1) is 18.5 Å². The maximum absolute atomic E-state index is 12.3. The maximum atomic E-state index is 12.3. The Hall–Kier alpha value is -2.83. The van der Waals surface area contributed by atoms with Crippen LogP contribution in [0.1, 0.15) is 10.5 Å². The van der Waals surface area contributed by atoms with E-state index in [0.29, 0.717) is 17.3 Å². The molecule has 0 saturated carbocycles. The summed E-state index contributed by atoms with van der Waals surface area (Å²) in [6.45, 7) is 0. The molecule has 0 spiro atoms. The SMILES string of the molecule is COc1nccc(N(C)C)c1NC(=O)c1ncccc1N. The van der Waals surface area contributed by atoms with Gasteiger partial charge in [-0.15, -0.1) is 0 Å². The van der Waals surface area contributed by atoms with Crippen molar-refractivity contribution in [3.05, 3.63) is 36.3 Å². The fourth-order valence-electron chi connectivity index (χ4n) is 1.86. The summed E-state index contributed by atoms with van der Waals surface area (Å²) >= 11 is 0. The molecule has 3 N–H and O–H groups in total. The van der Waals surface area contributed by atoms with Crippen LogP contribution in [0.3, 0.4) is 0 Å². The Morgan fingerprint density at radius 2 is 2.05 bits per heavy atom. The van der Waals surface area contributed by atoms with Crippen LogP contribution in [0.2, 0.25) is 0 Å². The number of ether oxygens (including phenoxy) is 1. The highest BCUT2D eigenvalue weighted by molar-refractivity contribution is 6.08. The third kappa shape index (κ3) is 3.02. The highest BCUT2D eigenvalue weighted by Crippen LogP contribution is 2.32. The summed E-state index contributed by atoms with van der Waals surface area (Å²) in [5.74, 6) is -0.0912. The van der Waals surface area contributed by atoms with Gasteiger partial charge in [-0.05, 0) is 18.2 Å². The molecular formula is C14H17N5O2. The lowest BCUT2D eigenvalue weighted by atomic mass is 10.2. The van der Waals surface area contributed by atoms with Crippen molar-refractivity contribution in [2.75, 3.05) is 37.2 Å². The Morgan fingerprint density at radius 1 is 1.29 bits per heavy atom. The van der Waals surface area contributed by atoms with Gasteiger partial charge in [-0.1, -0.05) is 0 Å². The van der Waals surface area contributed by atoms with Crippen LogP contribution < -0.4 is 20.7 Å². The Labute approximate surface area is 122 Å². The van der Waals surface area contributed by atoms with E-state index in [9.17, 15) is 4.79 Å². The van der Waals surface area contributed by atoms with Gasteiger partial charge in [0.25, 0.3) is 5.91 Å². The van der Waals surface area contributed by atoms with E-state index < -0.39 is 5.91 Å². The summed E-state index contributed by atoms with van der Waals surface area (Å²) in [4.78, 5) is 22.3. The molecular weight excluding hydrogens is 270 g/mol. The molecule has 7 nitrogen and oxygen atoms in total. The molecule has 0 atom stereocenters. The number of anilines is 3. The number of nitrogen functional groups attached to an aromatic ring is 1. The first-order valence-electron chi connectivity index (χ1n) is 6.26. The quantitative estimate of drug-likeness (QED) is 0.882. The average molecular weight is 287 g/mol. The van der Waals surface area contributed by atoms with Crippen molar-refractivity contribution >= 4 is 23.0 Å². The normalized spacial score (nSPS) is 10.0.